The van der Waals surface area contributed by atoms with E-state index >= 15 is 0 Å². The number of hydrogen-bond donors (Lipinski definition) is 3. The second-order valence-electron chi connectivity index (χ2n) is 5.83. The predicted molar refractivity (Wildman–Crippen MR) is 76.5 cm³/mol. The molecule has 21 heavy (non-hydrogen) atoms. The highest BCUT2D eigenvalue weighted by Crippen LogP contribution is 2.35. The molecular weight excluding hydrogens is 272 g/mol. The van der Waals surface area contributed by atoms with Crippen molar-refractivity contribution in [1.82, 2.24) is 0 Å². The van der Waals surface area contributed by atoms with Gasteiger partial charge in [0.1, 0.15) is 18.1 Å². The largest absolute Gasteiger partial charge is 0.462 e. The van der Waals surface area contributed by atoms with E-state index in [9.17, 15) is 20.1 Å². The van der Waals surface area contributed by atoms with E-state index in [0.29, 0.717) is 12.8 Å². The van der Waals surface area contributed by atoms with Gasteiger partial charge in [-0.05, 0) is 25.3 Å². The maximum absolute atomic E-state index is 11.7. The lowest BCUT2D eigenvalue weighted by molar-refractivity contribution is -0.153. The first kappa shape index (κ1) is 15.9. The van der Waals surface area contributed by atoms with Crippen LogP contribution in [0.2, 0.25) is 0 Å². The molecule has 1 fully saturated rings. The van der Waals surface area contributed by atoms with Gasteiger partial charge in [0.25, 0.3) is 0 Å². The van der Waals surface area contributed by atoms with Crippen molar-refractivity contribution in [2.75, 3.05) is 6.61 Å². The molecule has 0 amide bonds. The van der Waals surface area contributed by atoms with Gasteiger partial charge in [-0.15, -0.1) is 0 Å². The Bertz CT molecular complexity index is 475. The number of cyclic esters (lactones) is 1. The van der Waals surface area contributed by atoms with Crippen LogP contribution in [0.4, 0.5) is 0 Å². The summed E-state index contributed by atoms with van der Waals surface area (Å²) in [7, 11) is 0. The van der Waals surface area contributed by atoms with Gasteiger partial charge in [-0.3, -0.25) is 4.79 Å². The van der Waals surface area contributed by atoms with Crippen LogP contribution in [0.25, 0.3) is 0 Å². The number of aliphatic hydroxyl groups excluding tert-OH is 3. The van der Waals surface area contributed by atoms with Crippen LogP contribution in [0, 0.1) is 5.41 Å². The maximum Gasteiger partial charge on any atom is 0.317 e. The van der Waals surface area contributed by atoms with Crippen molar-refractivity contribution >= 4 is 5.97 Å². The monoisotopic (exact) mass is 294 g/mol. The number of carbonyl (C=O) groups excluding carboxylic acids is 1. The van der Waals surface area contributed by atoms with Gasteiger partial charge in [0, 0.05) is 6.42 Å². The smallest absolute Gasteiger partial charge is 0.317 e. The van der Waals surface area contributed by atoms with Crippen LogP contribution in [-0.4, -0.2) is 46.2 Å². The van der Waals surface area contributed by atoms with Crippen molar-refractivity contribution in [3.63, 3.8) is 0 Å². The summed E-state index contributed by atoms with van der Waals surface area (Å²) in [6.45, 7) is 1.37. The maximum atomic E-state index is 11.7. The minimum Gasteiger partial charge on any atom is -0.462 e. The van der Waals surface area contributed by atoms with Crippen molar-refractivity contribution in [3.8, 4) is 0 Å². The first-order valence-electron chi connectivity index (χ1n) is 7.20. The Morgan fingerprint density at radius 1 is 1.33 bits per heavy atom. The highest BCUT2D eigenvalue weighted by molar-refractivity contribution is 5.80. The third kappa shape index (κ3) is 3.43. The highest BCUT2D eigenvalue weighted by atomic mass is 16.6. The van der Waals surface area contributed by atoms with Crippen LogP contribution in [-0.2, 0) is 16.0 Å². The predicted octanol–water partition coefficient (Wildman–Crippen LogP) is 0.655. The highest BCUT2D eigenvalue weighted by Gasteiger charge is 2.53. The summed E-state index contributed by atoms with van der Waals surface area (Å²) in [4.78, 5) is 11.7. The zero-order chi connectivity index (χ0) is 15.5. The van der Waals surface area contributed by atoms with Crippen molar-refractivity contribution in [2.45, 2.75) is 44.5 Å². The van der Waals surface area contributed by atoms with Crippen molar-refractivity contribution in [3.05, 3.63) is 35.9 Å². The molecule has 5 heteroatoms. The van der Waals surface area contributed by atoms with Crippen LogP contribution in [0.3, 0.4) is 0 Å². The molecule has 0 saturated carbocycles. The van der Waals surface area contributed by atoms with E-state index in [2.05, 4.69) is 0 Å². The van der Waals surface area contributed by atoms with Crippen molar-refractivity contribution < 1.29 is 24.9 Å². The van der Waals surface area contributed by atoms with Gasteiger partial charge in [0.15, 0.2) is 0 Å². The number of aliphatic hydroxyl groups is 3. The molecule has 1 aromatic carbocycles. The molecule has 1 aromatic rings. The molecule has 1 aliphatic heterocycles. The molecule has 116 valence electrons. The second-order valence-corrected chi connectivity index (χ2v) is 5.83. The molecule has 1 heterocycles. The quantitative estimate of drug-likeness (QED) is 0.671. The van der Waals surface area contributed by atoms with Crippen LogP contribution >= 0.6 is 0 Å². The van der Waals surface area contributed by atoms with E-state index in [1.54, 1.807) is 0 Å². The van der Waals surface area contributed by atoms with Gasteiger partial charge in [0.2, 0.25) is 0 Å². The fourth-order valence-corrected chi connectivity index (χ4v) is 2.58. The van der Waals surface area contributed by atoms with Crippen LogP contribution in [0.5, 0.6) is 0 Å². The Morgan fingerprint density at radius 3 is 2.57 bits per heavy atom. The zero-order valence-corrected chi connectivity index (χ0v) is 12.1. The fraction of sp³-hybridized carbons (Fsp3) is 0.562. The summed E-state index contributed by atoms with van der Waals surface area (Å²) in [5, 5.41) is 30.1. The summed E-state index contributed by atoms with van der Waals surface area (Å²) in [5.74, 6) is -0.613. The fourth-order valence-electron chi connectivity index (χ4n) is 2.58. The van der Waals surface area contributed by atoms with Crippen LogP contribution < -0.4 is 0 Å². The van der Waals surface area contributed by atoms with Gasteiger partial charge < -0.3 is 20.1 Å². The number of rotatable bonds is 6. The lowest BCUT2D eigenvalue weighted by atomic mass is 9.78. The number of ether oxygens (including phenoxy) is 1. The summed E-state index contributed by atoms with van der Waals surface area (Å²) < 4.78 is 4.78. The lowest BCUT2D eigenvalue weighted by Crippen LogP contribution is -2.46. The molecule has 2 rings (SSSR count). The third-order valence-electron chi connectivity index (χ3n) is 4.30. The Kier molecular flexibility index (Phi) is 4.98. The first-order valence-corrected chi connectivity index (χ1v) is 7.20. The van der Waals surface area contributed by atoms with Gasteiger partial charge in [-0.25, -0.2) is 0 Å². The SMILES string of the molecule is C[C@]1([C@H](O)C[C@H](O)CCc2ccccc2)C(=O)OC[C@H]1O. The van der Waals surface area contributed by atoms with E-state index in [1.807, 2.05) is 30.3 Å². The molecule has 0 spiro atoms. The number of hydrogen-bond acceptors (Lipinski definition) is 5. The third-order valence-corrected chi connectivity index (χ3v) is 4.30. The van der Waals surface area contributed by atoms with E-state index in [4.69, 9.17) is 4.74 Å². The lowest BCUT2D eigenvalue weighted by Gasteiger charge is -2.30. The topological polar surface area (TPSA) is 87.0 Å². The number of carbonyl (C=O) groups is 1. The van der Waals surface area contributed by atoms with Crippen LogP contribution in [0.15, 0.2) is 30.3 Å². The van der Waals surface area contributed by atoms with Gasteiger partial charge >= 0.3 is 5.97 Å². The van der Waals surface area contributed by atoms with E-state index in [0.717, 1.165) is 5.56 Å². The van der Waals surface area contributed by atoms with E-state index in [1.165, 1.54) is 6.92 Å². The molecule has 0 unspecified atom stereocenters. The van der Waals surface area contributed by atoms with Crippen molar-refractivity contribution in [2.24, 2.45) is 5.41 Å². The number of benzene rings is 1. The Balaban J connectivity index is 1.87. The molecule has 1 aliphatic rings. The van der Waals surface area contributed by atoms with E-state index in [-0.39, 0.29) is 13.0 Å². The summed E-state index contributed by atoms with van der Waals surface area (Å²) >= 11 is 0. The molecule has 0 aromatic heterocycles. The minimum atomic E-state index is -1.35. The molecule has 4 atom stereocenters. The molecule has 1 saturated heterocycles. The standard InChI is InChI=1S/C16H22O5/c1-16(14(19)10-21-15(16)20)13(18)9-12(17)8-7-11-5-3-2-4-6-11/h2-6,12-14,17-19H,7-10H2,1H3/t12-,13-,14-,16-/m1/s1. The Hall–Kier alpha value is -1.43. The number of esters is 1. The van der Waals surface area contributed by atoms with Gasteiger partial charge in [-0.1, -0.05) is 30.3 Å². The van der Waals surface area contributed by atoms with Crippen molar-refractivity contribution in [1.29, 1.82) is 0 Å². The molecule has 3 N–H and O–H groups in total. The van der Waals surface area contributed by atoms with Gasteiger partial charge in [0.05, 0.1) is 12.2 Å². The molecule has 0 aliphatic carbocycles. The van der Waals surface area contributed by atoms with Gasteiger partial charge in [-0.2, -0.15) is 0 Å². The second kappa shape index (κ2) is 6.56. The molecule has 5 nitrogen and oxygen atoms in total. The summed E-state index contributed by atoms with van der Waals surface area (Å²) in [5.41, 5.74) is -0.245. The normalized spacial score (nSPS) is 28.2. The summed E-state index contributed by atoms with van der Waals surface area (Å²) in [6.07, 6.45) is -1.69. The minimum absolute atomic E-state index is 0.0372. The van der Waals surface area contributed by atoms with Crippen LogP contribution in [0.1, 0.15) is 25.3 Å². The first-order chi connectivity index (χ1) is 9.94. The average molecular weight is 294 g/mol. The molecule has 0 radical (unpaired) electrons. The summed E-state index contributed by atoms with van der Waals surface area (Å²) in [6, 6.07) is 9.74. The Morgan fingerprint density at radius 2 is 2.00 bits per heavy atom. The number of aryl methyl sites for hydroxylation is 1. The Labute approximate surface area is 124 Å². The molecule has 0 bridgehead atoms. The zero-order valence-electron chi connectivity index (χ0n) is 12.1. The average Bonchev–Trinajstić information content (AvgIpc) is 2.75. The van der Waals surface area contributed by atoms with E-state index < -0.39 is 29.7 Å². The molecular formula is C16H22O5.